The van der Waals surface area contributed by atoms with Gasteiger partial charge in [-0.2, -0.15) is 0 Å². The first-order valence-electron chi connectivity index (χ1n) is 7.17. The van der Waals surface area contributed by atoms with Crippen molar-refractivity contribution in [1.82, 2.24) is 5.32 Å². The molecule has 1 aliphatic rings. The van der Waals surface area contributed by atoms with Gasteiger partial charge >= 0.3 is 0 Å². The third-order valence-electron chi connectivity index (χ3n) is 4.02. The molecule has 2 aromatic carbocycles. The van der Waals surface area contributed by atoms with Crippen molar-refractivity contribution >= 4 is 9.84 Å². The Hall–Kier alpha value is -1.65. The lowest BCUT2D eigenvalue weighted by atomic mass is 10.0. The molecule has 1 N–H and O–H groups in total. The second-order valence-electron chi connectivity index (χ2n) is 5.55. The van der Waals surface area contributed by atoms with Gasteiger partial charge in [0.15, 0.2) is 9.84 Å². The molecule has 1 unspecified atom stereocenters. The highest BCUT2D eigenvalue weighted by atomic mass is 32.2. The van der Waals surface area contributed by atoms with Crippen LogP contribution in [0.5, 0.6) is 0 Å². The van der Waals surface area contributed by atoms with E-state index in [1.54, 1.807) is 12.1 Å². The van der Waals surface area contributed by atoms with Gasteiger partial charge in [0, 0.05) is 12.6 Å². The van der Waals surface area contributed by atoms with Crippen LogP contribution in [0.4, 0.5) is 0 Å². The molecule has 110 valence electrons. The molecule has 0 aliphatic carbocycles. The molecule has 3 rings (SSSR count). The highest BCUT2D eigenvalue weighted by molar-refractivity contribution is 7.91. The Kier molecular flexibility index (Phi) is 3.83. The Balaban J connectivity index is 1.72. The number of hydrogen-bond acceptors (Lipinski definition) is 3. The first kappa shape index (κ1) is 14.3. The molecule has 4 heteroatoms. The van der Waals surface area contributed by atoms with Gasteiger partial charge in [-0.1, -0.05) is 42.0 Å². The third kappa shape index (κ3) is 3.01. The first-order chi connectivity index (χ1) is 10.1. The van der Waals surface area contributed by atoms with Gasteiger partial charge in [-0.05, 0) is 36.6 Å². The van der Waals surface area contributed by atoms with E-state index in [2.05, 4.69) is 17.4 Å². The Bertz CT molecular complexity index is 736. The fraction of sp³-hybridized carbons (Fsp3) is 0.294. The van der Waals surface area contributed by atoms with Crippen LogP contribution in [0.2, 0.25) is 0 Å². The smallest absolute Gasteiger partial charge is 0.178 e. The van der Waals surface area contributed by atoms with E-state index < -0.39 is 9.84 Å². The van der Waals surface area contributed by atoms with E-state index in [1.165, 1.54) is 11.1 Å². The zero-order valence-electron chi connectivity index (χ0n) is 12.0. The van der Waals surface area contributed by atoms with Crippen LogP contribution in [0.3, 0.4) is 0 Å². The number of nitrogens with one attached hydrogen (secondary N) is 1. The van der Waals surface area contributed by atoms with E-state index in [1.807, 2.05) is 31.2 Å². The van der Waals surface area contributed by atoms with Crippen LogP contribution in [0, 0.1) is 6.92 Å². The van der Waals surface area contributed by atoms with E-state index >= 15 is 0 Å². The first-order valence-corrected chi connectivity index (χ1v) is 8.82. The van der Waals surface area contributed by atoms with Gasteiger partial charge in [0.1, 0.15) is 0 Å². The van der Waals surface area contributed by atoms with Crippen LogP contribution in [0.1, 0.15) is 29.2 Å². The third-order valence-corrected chi connectivity index (χ3v) is 5.79. The van der Waals surface area contributed by atoms with Gasteiger partial charge in [-0.25, -0.2) is 8.42 Å². The summed E-state index contributed by atoms with van der Waals surface area (Å²) in [6, 6.07) is 15.4. The predicted octanol–water partition coefficient (Wildman–Crippen LogP) is 3.00. The zero-order valence-corrected chi connectivity index (χ0v) is 12.9. The van der Waals surface area contributed by atoms with Crippen LogP contribution >= 0.6 is 0 Å². The highest BCUT2D eigenvalue weighted by Crippen LogP contribution is 2.28. The van der Waals surface area contributed by atoms with Gasteiger partial charge < -0.3 is 5.32 Å². The molecular formula is C17H19NO2S. The molecule has 3 nitrogen and oxygen atoms in total. The molecular weight excluding hydrogens is 282 g/mol. The Labute approximate surface area is 125 Å². The minimum absolute atomic E-state index is 0.140. The van der Waals surface area contributed by atoms with Gasteiger partial charge in [0.2, 0.25) is 0 Å². The van der Waals surface area contributed by atoms with E-state index in [0.717, 1.165) is 12.1 Å². The molecule has 1 aliphatic heterocycles. The van der Waals surface area contributed by atoms with Crippen molar-refractivity contribution in [3.8, 4) is 0 Å². The average Bonchev–Trinajstić information content (AvgIpc) is 2.89. The van der Waals surface area contributed by atoms with Crippen molar-refractivity contribution < 1.29 is 8.42 Å². The highest BCUT2D eigenvalue weighted by Gasteiger charge is 2.24. The summed E-state index contributed by atoms with van der Waals surface area (Å²) < 4.78 is 24.8. The number of aryl methyl sites for hydroxylation is 1. The number of benzene rings is 2. The standard InChI is InChI=1S/C17H19NO2S/c1-13-6-8-15(9-7-13)21(19,20)11-10-17-16-5-3-2-4-14(16)12-18-17/h2-9,17-18H,10-12H2,1H3. The van der Waals surface area contributed by atoms with E-state index in [-0.39, 0.29) is 11.8 Å². The van der Waals surface area contributed by atoms with Gasteiger partial charge in [-0.15, -0.1) is 0 Å². The van der Waals surface area contributed by atoms with Gasteiger partial charge in [0.25, 0.3) is 0 Å². The molecule has 1 heterocycles. The van der Waals surface area contributed by atoms with Crippen LogP contribution in [0.25, 0.3) is 0 Å². The molecule has 0 spiro atoms. The molecule has 0 saturated carbocycles. The maximum atomic E-state index is 12.4. The van der Waals surface area contributed by atoms with Crippen molar-refractivity contribution in [1.29, 1.82) is 0 Å². The molecule has 0 aromatic heterocycles. The second kappa shape index (κ2) is 5.62. The maximum absolute atomic E-state index is 12.4. The summed E-state index contributed by atoms with van der Waals surface area (Å²) in [5.74, 6) is 0.169. The molecule has 0 radical (unpaired) electrons. The summed E-state index contributed by atoms with van der Waals surface area (Å²) in [4.78, 5) is 0.416. The summed E-state index contributed by atoms with van der Waals surface area (Å²) in [7, 11) is -3.21. The lowest BCUT2D eigenvalue weighted by Gasteiger charge is -2.12. The largest absolute Gasteiger partial charge is 0.306 e. The number of rotatable bonds is 4. The van der Waals surface area contributed by atoms with Crippen LogP contribution in [-0.2, 0) is 16.4 Å². The Morgan fingerprint density at radius 1 is 1.10 bits per heavy atom. The van der Waals surface area contributed by atoms with Gasteiger partial charge in [-0.3, -0.25) is 0 Å². The van der Waals surface area contributed by atoms with E-state index in [4.69, 9.17) is 0 Å². The van der Waals surface area contributed by atoms with E-state index in [9.17, 15) is 8.42 Å². The monoisotopic (exact) mass is 301 g/mol. The SMILES string of the molecule is Cc1ccc(S(=O)(=O)CCC2NCc3ccccc32)cc1. The minimum Gasteiger partial charge on any atom is -0.306 e. The summed E-state index contributed by atoms with van der Waals surface area (Å²) in [5, 5.41) is 3.39. The quantitative estimate of drug-likeness (QED) is 0.944. The Morgan fingerprint density at radius 3 is 2.57 bits per heavy atom. The fourth-order valence-corrected chi connectivity index (χ4v) is 4.10. The lowest BCUT2D eigenvalue weighted by Crippen LogP contribution is -2.17. The fourth-order valence-electron chi connectivity index (χ4n) is 2.77. The molecule has 0 bridgehead atoms. The summed E-state index contributed by atoms with van der Waals surface area (Å²) in [5.41, 5.74) is 3.58. The maximum Gasteiger partial charge on any atom is 0.178 e. The van der Waals surface area contributed by atoms with Crippen LogP contribution in [0.15, 0.2) is 53.4 Å². The van der Waals surface area contributed by atoms with Crippen molar-refractivity contribution in [2.24, 2.45) is 0 Å². The summed E-state index contributed by atoms with van der Waals surface area (Å²) in [6.07, 6.45) is 0.604. The summed E-state index contributed by atoms with van der Waals surface area (Å²) >= 11 is 0. The van der Waals surface area contributed by atoms with E-state index in [0.29, 0.717) is 11.3 Å². The Morgan fingerprint density at radius 2 is 1.81 bits per heavy atom. The van der Waals surface area contributed by atoms with Crippen molar-refractivity contribution in [2.75, 3.05) is 5.75 Å². The average molecular weight is 301 g/mol. The molecule has 2 aromatic rings. The number of fused-ring (bicyclic) bond motifs is 1. The molecule has 21 heavy (non-hydrogen) atoms. The van der Waals surface area contributed by atoms with Crippen molar-refractivity contribution in [2.45, 2.75) is 30.8 Å². The van der Waals surface area contributed by atoms with Crippen molar-refractivity contribution in [3.05, 3.63) is 65.2 Å². The van der Waals surface area contributed by atoms with Crippen LogP contribution < -0.4 is 5.32 Å². The normalized spacial score (nSPS) is 17.7. The topological polar surface area (TPSA) is 46.2 Å². The van der Waals surface area contributed by atoms with Crippen LogP contribution in [-0.4, -0.2) is 14.2 Å². The predicted molar refractivity (Wildman–Crippen MR) is 83.9 cm³/mol. The van der Waals surface area contributed by atoms with Crippen molar-refractivity contribution in [3.63, 3.8) is 0 Å². The minimum atomic E-state index is -3.21. The lowest BCUT2D eigenvalue weighted by molar-refractivity contribution is 0.551. The zero-order chi connectivity index (χ0) is 14.9. The molecule has 1 atom stereocenters. The molecule has 0 amide bonds. The van der Waals surface area contributed by atoms with Gasteiger partial charge in [0.05, 0.1) is 10.6 Å². The summed E-state index contributed by atoms with van der Waals surface area (Å²) in [6.45, 7) is 2.78. The molecule has 0 fully saturated rings. The molecule has 0 saturated heterocycles. The second-order valence-corrected chi connectivity index (χ2v) is 7.66. The number of hydrogen-bond donors (Lipinski definition) is 1. The number of sulfone groups is 1.